The van der Waals surface area contributed by atoms with Gasteiger partial charge in [0, 0.05) is 38.3 Å². The summed E-state index contributed by atoms with van der Waals surface area (Å²) in [5.41, 5.74) is -0.447. The van der Waals surface area contributed by atoms with E-state index in [1.54, 1.807) is 0 Å². The van der Waals surface area contributed by atoms with Gasteiger partial charge in [-0.15, -0.1) is 0 Å². The van der Waals surface area contributed by atoms with Gasteiger partial charge in [-0.1, -0.05) is 19.3 Å². The summed E-state index contributed by atoms with van der Waals surface area (Å²) in [6.45, 7) is 9.51. The van der Waals surface area contributed by atoms with Crippen LogP contribution in [0.25, 0.3) is 0 Å². The number of ether oxygens (including phenoxy) is 2. The van der Waals surface area contributed by atoms with Crippen LogP contribution in [0.15, 0.2) is 0 Å². The van der Waals surface area contributed by atoms with E-state index in [1.165, 1.54) is 32.1 Å². The summed E-state index contributed by atoms with van der Waals surface area (Å²) in [6, 6.07) is 0.769. The summed E-state index contributed by atoms with van der Waals surface area (Å²) >= 11 is 0. The molecule has 2 saturated carbocycles. The Balaban J connectivity index is 1.31. The molecule has 0 spiro atoms. The minimum atomic E-state index is -0.447. The van der Waals surface area contributed by atoms with Gasteiger partial charge in [-0.2, -0.15) is 0 Å². The molecule has 1 heterocycles. The van der Waals surface area contributed by atoms with Crippen molar-refractivity contribution in [1.82, 2.24) is 15.1 Å². The van der Waals surface area contributed by atoms with Crippen LogP contribution in [0, 0.1) is 5.92 Å². The zero-order chi connectivity index (χ0) is 21.6. The summed E-state index contributed by atoms with van der Waals surface area (Å²) in [5.74, 6) is 0.555. The van der Waals surface area contributed by atoms with Crippen LogP contribution >= 0.6 is 0 Å². The molecule has 7 nitrogen and oxygen atoms in total. The van der Waals surface area contributed by atoms with Crippen LogP contribution in [0.1, 0.15) is 78.6 Å². The quantitative estimate of drug-likeness (QED) is 0.735. The highest BCUT2D eigenvalue weighted by Gasteiger charge is 2.31. The number of amides is 2. The van der Waals surface area contributed by atoms with Crippen LogP contribution in [0.2, 0.25) is 0 Å². The lowest BCUT2D eigenvalue weighted by atomic mass is 9.90. The third-order valence-electron chi connectivity index (χ3n) is 6.68. The van der Waals surface area contributed by atoms with E-state index >= 15 is 0 Å². The van der Waals surface area contributed by atoms with E-state index in [2.05, 4.69) is 10.2 Å². The third kappa shape index (κ3) is 7.33. The Morgan fingerprint density at radius 1 is 0.900 bits per heavy atom. The fourth-order valence-corrected chi connectivity index (χ4v) is 4.94. The fourth-order valence-electron chi connectivity index (χ4n) is 4.94. The van der Waals surface area contributed by atoms with Gasteiger partial charge in [-0.05, 0) is 65.2 Å². The zero-order valence-electron chi connectivity index (χ0n) is 19.2. The van der Waals surface area contributed by atoms with Gasteiger partial charge in [0.1, 0.15) is 5.60 Å². The van der Waals surface area contributed by atoms with Crippen molar-refractivity contribution in [2.24, 2.45) is 5.92 Å². The van der Waals surface area contributed by atoms with Crippen molar-refractivity contribution in [3.63, 3.8) is 0 Å². The maximum atomic E-state index is 12.2. The first kappa shape index (κ1) is 23.2. The molecule has 172 valence electrons. The van der Waals surface area contributed by atoms with E-state index in [0.29, 0.717) is 18.6 Å². The summed E-state index contributed by atoms with van der Waals surface area (Å²) < 4.78 is 11.0. The van der Waals surface area contributed by atoms with E-state index in [0.717, 1.165) is 51.9 Å². The first-order chi connectivity index (χ1) is 14.3. The molecule has 0 bridgehead atoms. The Hall–Kier alpha value is -1.50. The minimum Gasteiger partial charge on any atom is -0.449 e. The molecule has 3 fully saturated rings. The molecule has 0 atom stereocenters. The van der Waals surface area contributed by atoms with E-state index in [9.17, 15) is 9.59 Å². The molecule has 3 rings (SSSR count). The predicted octanol–water partition coefficient (Wildman–Crippen LogP) is 4.16. The van der Waals surface area contributed by atoms with E-state index in [4.69, 9.17) is 9.47 Å². The standard InChI is InChI=1S/C23H41N3O4/c1-23(2,3)30-22(28)26-15-13-25(14-16-26)20-11-9-19(10-12-20)24-21(27)29-17-18-7-5-4-6-8-18/h18-20H,4-17H2,1-3H3,(H,24,27). The summed E-state index contributed by atoms with van der Waals surface area (Å²) in [4.78, 5) is 28.7. The van der Waals surface area contributed by atoms with Crippen molar-refractivity contribution in [3.8, 4) is 0 Å². The summed E-state index contributed by atoms with van der Waals surface area (Å²) in [7, 11) is 0. The zero-order valence-corrected chi connectivity index (χ0v) is 19.2. The van der Waals surface area contributed by atoms with E-state index in [-0.39, 0.29) is 18.2 Å². The first-order valence-corrected chi connectivity index (χ1v) is 12.0. The maximum absolute atomic E-state index is 12.2. The van der Waals surface area contributed by atoms with Crippen molar-refractivity contribution in [2.75, 3.05) is 32.8 Å². The monoisotopic (exact) mass is 423 g/mol. The van der Waals surface area contributed by atoms with Crippen LogP contribution in [-0.2, 0) is 9.47 Å². The van der Waals surface area contributed by atoms with Crippen LogP contribution in [0.3, 0.4) is 0 Å². The van der Waals surface area contributed by atoms with E-state index in [1.807, 2.05) is 25.7 Å². The number of alkyl carbamates (subject to hydrolysis) is 1. The van der Waals surface area contributed by atoms with Crippen LogP contribution < -0.4 is 5.32 Å². The van der Waals surface area contributed by atoms with Crippen molar-refractivity contribution >= 4 is 12.2 Å². The Morgan fingerprint density at radius 2 is 1.53 bits per heavy atom. The molecule has 1 N–H and O–H groups in total. The lowest BCUT2D eigenvalue weighted by Gasteiger charge is -2.42. The Kier molecular flexibility index (Phi) is 8.26. The number of piperazine rings is 1. The highest BCUT2D eigenvalue weighted by Crippen LogP contribution is 2.26. The SMILES string of the molecule is CC(C)(C)OC(=O)N1CCN(C2CCC(NC(=O)OCC3CCCCC3)CC2)CC1. The lowest BCUT2D eigenvalue weighted by molar-refractivity contribution is 0.00770. The second-order valence-electron chi connectivity index (χ2n) is 10.3. The number of carbonyl (C=O) groups excluding carboxylic acids is 2. The molecule has 2 amide bonds. The molecule has 0 radical (unpaired) electrons. The van der Waals surface area contributed by atoms with E-state index < -0.39 is 5.60 Å². The second kappa shape index (κ2) is 10.7. The topological polar surface area (TPSA) is 71.1 Å². The van der Waals surface area contributed by atoms with Gasteiger partial charge >= 0.3 is 12.2 Å². The number of hydrogen-bond donors (Lipinski definition) is 1. The van der Waals surface area contributed by atoms with Crippen molar-refractivity contribution < 1.29 is 19.1 Å². The Morgan fingerprint density at radius 3 is 2.13 bits per heavy atom. The molecule has 30 heavy (non-hydrogen) atoms. The lowest BCUT2D eigenvalue weighted by Crippen LogP contribution is -2.54. The number of hydrogen-bond acceptors (Lipinski definition) is 5. The van der Waals surface area contributed by atoms with Gasteiger partial charge in [0.05, 0.1) is 6.61 Å². The first-order valence-electron chi connectivity index (χ1n) is 12.0. The van der Waals surface area contributed by atoms with Crippen LogP contribution in [0.4, 0.5) is 9.59 Å². The smallest absolute Gasteiger partial charge is 0.410 e. The molecule has 2 aliphatic carbocycles. The summed E-state index contributed by atoms with van der Waals surface area (Å²) in [5, 5.41) is 3.08. The maximum Gasteiger partial charge on any atom is 0.410 e. The van der Waals surface area contributed by atoms with Crippen molar-refractivity contribution in [2.45, 2.75) is 96.2 Å². The van der Waals surface area contributed by atoms with Gasteiger partial charge < -0.3 is 19.7 Å². The average molecular weight is 424 g/mol. The molecule has 0 unspecified atom stereocenters. The van der Waals surface area contributed by atoms with Crippen molar-refractivity contribution in [3.05, 3.63) is 0 Å². The van der Waals surface area contributed by atoms with Gasteiger partial charge in [0.2, 0.25) is 0 Å². The number of nitrogens with one attached hydrogen (secondary N) is 1. The molecule has 0 aromatic carbocycles. The molecule has 3 aliphatic rings. The molecule has 1 aliphatic heterocycles. The highest BCUT2D eigenvalue weighted by atomic mass is 16.6. The van der Waals surface area contributed by atoms with Gasteiger partial charge in [0.25, 0.3) is 0 Å². The predicted molar refractivity (Wildman–Crippen MR) is 116 cm³/mol. The molecule has 7 heteroatoms. The molecular formula is C23H41N3O4. The van der Waals surface area contributed by atoms with Crippen LogP contribution in [0.5, 0.6) is 0 Å². The third-order valence-corrected chi connectivity index (χ3v) is 6.68. The van der Waals surface area contributed by atoms with Crippen LogP contribution in [-0.4, -0.2) is 72.5 Å². The van der Waals surface area contributed by atoms with Gasteiger partial charge in [-0.3, -0.25) is 4.90 Å². The van der Waals surface area contributed by atoms with Gasteiger partial charge in [-0.25, -0.2) is 9.59 Å². The normalized spacial score (nSPS) is 26.8. The average Bonchev–Trinajstić information content (AvgIpc) is 2.72. The highest BCUT2D eigenvalue weighted by molar-refractivity contribution is 5.68. The number of carbonyl (C=O) groups is 2. The van der Waals surface area contributed by atoms with Crippen molar-refractivity contribution in [1.29, 1.82) is 0 Å². The molecular weight excluding hydrogens is 382 g/mol. The summed E-state index contributed by atoms with van der Waals surface area (Å²) in [6.07, 6.45) is 9.96. The number of nitrogens with zero attached hydrogens (tertiary/aromatic N) is 2. The van der Waals surface area contributed by atoms with Gasteiger partial charge in [0.15, 0.2) is 0 Å². The Labute approximate surface area is 181 Å². The molecule has 0 aromatic rings. The second-order valence-corrected chi connectivity index (χ2v) is 10.3. The largest absolute Gasteiger partial charge is 0.449 e. The minimum absolute atomic E-state index is 0.207. The molecule has 1 saturated heterocycles. The number of rotatable bonds is 4. The fraction of sp³-hybridized carbons (Fsp3) is 0.913. The molecule has 0 aromatic heterocycles. The Bertz CT molecular complexity index is 555.